The molecule has 0 aliphatic carbocycles. The predicted octanol–water partition coefficient (Wildman–Crippen LogP) is 1.57. The van der Waals surface area contributed by atoms with Crippen LogP contribution in [0.15, 0.2) is 12.7 Å². The number of ether oxygens (including phenoxy) is 1. The minimum absolute atomic E-state index is 0.357. The Morgan fingerprint density at radius 2 is 2.13 bits per heavy atom. The average Bonchev–Trinajstić information content (AvgIpc) is 2.18. The van der Waals surface area contributed by atoms with Crippen LogP contribution in [-0.2, 0) is 4.74 Å². The van der Waals surface area contributed by atoms with Crippen molar-refractivity contribution in [1.82, 2.24) is 5.32 Å². The molecule has 0 aromatic heterocycles. The molecule has 3 unspecified atom stereocenters. The highest BCUT2D eigenvalue weighted by molar-refractivity contribution is 4.77. The fourth-order valence-corrected chi connectivity index (χ4v) is 1.42. The minimum atomic E-state index is -0.357. The van der Waals surface area contributed by atoms with Gasteiger partial charge in [0, 0.05) is 13.2 Å². The number of nitrogens with one attached hydrogen (secondary N) is 1. The Morgan fingerprint density at radius 1 is 1.47 bits per heavy atom. The maximum Gasteiger partial charge on any atom is 0.0785 e. The van der Waals surface area contributed by atoms with Crippen molar-refractivity contribution < 1.29 is 9.84 Å². The maximum atomic E-state index is 9.42. The van der Waals surface area contributed by atoms with Gasteiger partial charge in [-0.1, -0.05) is 13.0 Å². The van der Waals surface area contributed by atoms with Crippen LogP contribution in [0.25, 0.3) is 0 Å². The Kier molecular flexibility index (Phi) is 8.67. The van der Waals surface area contributed by atoms with Gasteiger partial charge in [-0.2, -0.15) is 0 Å². The molecule has 0 spiro atoms. The van der Waals surface area contributed by atoms with E-state index in [1.807, 2.05) is 6.08 Å². The first kappa shape index (κ1) is 14.6. The van der Waals surface area contributed by atoms with Gasteiger partial charge >= 0.3 is 0 Å². The van der Waals surface area contributed by atoms with Crippen LogP contribution in [0.5, 0.6) is 0 Å². The van der Waals surface area contributed by atoms with Gasteiger partial charge in [-0.05, 0) is 32.2 Å². The lowest BCUT2D eigenvalue weighted by molar-refractivity contribution is 0.0587. The average molecular weight is 215 g/mol. The van der Waals surface area contributed by atoms with Crippen molar-refractivity contribution in [1.29, 1.82) is 0 Å². The van der Waals surface area contributed by atoms with E-state index in [1.165, 1.54) is 0 Å². The molecule has 0 bridgehead atoms. The summed E-state index contributed by atoms with van der Waals surface area (Å²) in [6.07, 6.45) is 3.35. The Hall–Kier alpha value is -0.380. The Morgan fingerprint density at radius 3 is 2.67 bits per heavy atom. The fraction of sp³-hybridized carbons (Fsp3) is 0.833. The molecule has 3 heteroatoms. The number of methoxy groups -OCH3 is 1. The molecule has 3 atom stereocenters. The van der Waals surface area contributed by atoms with Crippen molar-refractivity contribution in [3.05, 3.63) is 12.7 Å². The molecular formula is C12H25NO2. The molecule has 0 radical (unpaired) electrons. The molecule has 90 valence electrons. The summed E-state index contributed by atoms with van der Waals surface area (Å²) in [5.74, 6) is 0.585. The van der Waals surface area contributed by atoms with Crippen LogP contribution < -0.4 is 5.32 Å². The van der Waals surface area contributed by atoms with Crippen LogP contribution in [0, 0.1) is 5.92 Å². The van der Waals surface area contributed by atoms with Gasteiger partial charge in [0.25, 0.3) is 0 Å². The lowest BCUT2D eigenvalue weighted by Crippen LogP contribution is -2.34. The van der Waals surface area contributed by atoms with Gasteiger partial charge in [0.1, 0.15) is 0 Å². The van der Waals surface area contributed by atoms with E-state index in [9.17, 15) is 5.11 Å². The van der Waals surface area contributed by atoms with E-state index < -0.39 is 0 Å². The van der Waals surface area contributed by atoms with Crippen LogP contribution in [0.2, 0.25) is 0 Å². The molecule has 0 aromatic rings. The maximum absolute atomic E-state index is 9.42. The first-order valence-electron chi connectivity index (χ1n) is 5.63. The first-order chi connectivity index (χ1) is 7.11. The summed E-state index contributed by atoms with van der Waals surface area (Å²) in [5.41, 5.74) is 0. The van der Waals surface area contributed by atoms with E-state index in [4.69, 9.17) is 4.74 Å². The molecule has 0 saturated carbocycles. The topological polar surface area (TPSA) is 41.5 Å². The van der Waals surface area contributed by atoms with Gasteiger partial charge in [0.2, 0.25) is 0 Å². The third kappa shape index (κ3) is 7.54. The van der Waals surface area contributed by atoms with Gasteiger partial charge in [-0.3, -0.25) is 0 Å². The molecule has 15 heavy (non-hydrogen) atoms. The molecule has 0 amide bonds. The van der Waals surface area contributed by atoms with Crippen molar-refractivity contribution >= 4 is 0 Å². The van der Waals surface area contributed by atoms with Gasteiger partial charge < -0.3 is 15.2 Å². The van der Waals surface area contributed by atoms with Crippen molar-refractivity contribution in [2.45, 2.75) is 38.8 Å². The molecule has 3 nitrogen and oxygen atoms in total. The molecular weight excluding hydrogens is 190 g/mol. The zero-order valence-corrected chi connectivity index (χ0v) is 10.2. The van der Waals surface area contributed by atoms with Gasteiger partial charge in [0.15, 0.2) is 0 Å². The minimum Gasteiger partial charge on any atom is -0.391 e. The smallest absolute Gasteiger partial charge is 0.0785 e. The second-order valence-electron chi connectivity index (χ2n) is 4.14. The molecule has 0 fully saturated rings. The second-order valence-corrected chi connectivity index (χ2v) is 4.14. The van der Waals surface area contributed by atoms with Gasteiger partial charge in [-0.15, -0.1) is 6.58 Å². The van der Waals surface area contributed by atoms with E-state index in [-0.39, 0.29) is 6.10 Å². The molecule has 0 saturated heterocycles. The van der Waals surface area contributed by atoms with E-state index in [0.717, 1.165) is 19.4 Å². The van der Waals surface area contributed by atoms with Crippen molar-refractivity contribution in [3.63, 3.8) is 0 Å². The number of rotatable bonds is 9. The Labute approximate surface area is 93.5 Å². The number of hydrogen-bond acceptors (Lipinski definition) is 3. The van der Waals surface area contributed by atoms with Crippen molar-refractivity contribution in [3.8, 4) is 0 Å². The lowest BCUT2D eigenvalue weighted by Gasteiger charge is -2.20. The van der Waals surface area contributed by atoms with Crippen LogP contribution in [-0.4, -0.2) is 37.5 Å². The summed E-state index contributed by atoms with van der Waals surface area (Å²) in [5, 5.41) is 12.8. The summed E-state index contributed by atoms with van der Waals surface area (Å²) >= 11 is 0. The summed E-state index contributed by atoms with van der Waals surface area (Å²) in [7, 11) is 1.60. The largest absolute Gasteiger partial charge is 0.391 e. The lowest BCUT2D eigenvalue weighted by atomic mass is 10.00. The fourth-order valence-electron chi connectivity index (χ4n) is 1.42. The number of hydrogen-bond donors (Lipinski definition) is 2. The van der Waals surface area contributed by atoms with Gasteiger partial charge in [0.05, 0.1) is 12.7 Å². The third-order valence-electron chi connectivity index (χ3n) is 2.69. The normalized spacial score (nSPS) is 17.1. The summed E-state index contributed by atoms with van der Waals surface area (Å²) in [6, 6.07) is 0.456. The van der Waals surface area contributed by atoms with Crippen LogP contribution >= 0.6 is 0 Å². The zero-order chi connectivity index (χ0) is 11.7. The third-order valence-corrected chi connectivity index (χ3v) is 2.69. The molecule has 0 aromatic carbocycles. The summed E-state index contributed by atoms with van der Waals surface area (Å²) in [6.45, 7) is 9.34. The number of allylic oxidation sites excluding steroid dienone is 1. The Bertz CT molecular complexity index is 162. The van der Waals surface area contributed by atoms with Gasteiger partial charge in [-0.25, -0.2) is 0 Å². The van der Waals surface area contributed by atoms with Crippen molar-refractivity contribution in [2.24, 2.45) is 5.92 Å². The van der Waals surface area contributed by atoms with E-state index in [0.29, 0.717) is 18.6 Å². The number of aliphatic hydroxyl groups excluding tert-OH is 1. The van der Waals surface area contributed by atoms with Crippen molar-refractivity contribution in [2.75, 3.05) is 20.3 Å². The van der Waals surface area contributed by atoms with E-state index in [2.05, 4.69) is 25.7 Å². The van der Waals surface area contributed by atoms with Crippen LogP contribution in [0.3, 0.4) is 0 Å². The highest BCUT2D eigenvalue weighted by Crippen LogP contribution is 2.07. The highest BCUT2D eigenvalue weighted by atomic mass is 16.5. The molecule has 2 N–H and O–H groups in total. The van der Waals surface area contributed by atoms with E-state index >= 15 is 0 Å². The van der Waals surface area contributed by atoms with Crippen LogP contribution in [0.4, 0.5) is 0 Å². The summed E-state index contributed by atoms with van der Waals surface area (Å²) in [4.78, 5) is 0. The standard InChI is InChI=1S/C12H25NO2/c1-5-6-10(2)11(3)13-8-7-12(14)9-15-4/h5,10-14H,1,6-9H2,2-4H3. The monoisotopic (exact) mass is 215 g/mol. The Balaban J connectivity index is 3.53. The quantitative estimate of drug-likeness (QED) is 0.574. The summed E-state index contributed by atoms with van der Waals surface area (Å²) < 4.78 is 4.86. The highest BCUT2D eigenvalue weighted by Gasteiger charge is 2.10. The first-order valence-corrected chi connectivity index (χ1v) is 5.63. The second kappa shape index (κ2) is 8.89. The molecule has 0 aliphatic heterocycles. The molecule has 0 aliphatic rings. The van der Waals surface area contributed by atoms with E-state index in [1.54, 1.807) is 7.11 Å². The predicted molar refractivity (Wildman–Crippen MR) is 63.9 cm³/mol. The molecule has 0 heterocycles. The zero-order valence-electron chi connectivity index (χ0n) is 10.2. The SMILES string of the molecule is C=CCC(C)C(C)NCCC(O)COC. The number of aliphatic hydroxyl groups is 1. The van der Waals surface area contributed by atoms with Crippen LogP contribution in [0.1, 0.15) is 26.7 Å². The molecule has 0 rings (SSSR count).